The molecule has 1 aromatic rings. The van der Waals surface area contributed by atoms with Crippen molar-refractivity contribution in [3.63, 3.8) is 0 Å². The van der Waals surface area contributed by atoms with Gasteiger partial charge in [-0.15, -0.1) is 6.58 Å². The summed E-state index contributed by atoms with van der Waals surface area (Å²) in [6, 6.07) is 3.62. The first-order valence-corrected chi connectivity index (χ1v) is 5.22. The van der Waals surface area contributed by atoms with Crippen molar-refractivity contribution in [1.82, 2.24) is 10.3 Å². The van der Waals surface area contributed by atoms with Crippen LogP contribution in [0.3, 0.4) is 0 Å². The van der Waals surface area contributed by atoms with Crippen LogP contribution in [0.25, 0.3) is 0 Å². The molecule has 1 unspecified atom stereocenters. The van der Waals surface area contributed by atoms with Crippen LogP contribution in [0.2, 0.25) is 5.15 Å². The monoisotopic (exact) mass is 241 g/mol. The average molecular weight is 242 g/mol. The molecule has 0 aliphatic rings. The van der Waals surface area contributed by atoms with E-state index in [0.717, 1.165) is 5.69 Å². The summed E-state index contributed by atoms with van der Waals surface area (Å²) < 4.78 is 0. The van der Waals surface area contributed by atoms with Gasteiger partial charge in [-0.3, -0.25) is 0 Å². The number of hydrogen-bond acceptors (Lipinski definition) is 2. The van der Waals surface area contributed by atoms with Crippen LogP contribution in [-0.4, -0.2) is 16.1 Å². The largest absolute Gasteiger partial charge is 0.357 e. The number of nitrogens with one attached hydrogen (secondary N) is 2. The molecule has 1 aromatic heterocycles. The van der Waals surface area contributed by atoms with Crippen LogP contribution in [0.5, 0.6) is 0 Å². The molecule has 2 N–H and O–H groups in total. The minimum absolute atomic E-state index is 0.127. The lowest BCUT2D eigenvalue weighted by atomic mass is 10.3. The van der Waals surface area contributed by atoms with Gasteiger partial charge in [0, 0.05) is 17.9 Å². The van der Waals surface area contributed by atoms with Crippen LogP contribution in [0.1, 0.15) is 6.92 Å². The number of nitrogens with zero attached hydrogens (tertiary/aromatic N) is 1. The standard InChI is InChI=1S/C10H12ClN3S/c1-3-7(2)13-10(15)14-8-4-5-12-9(11)6-8/h3-7H,1H2,2H3,(H2,12,13,14,15). The number of aromatic nitrogens is 1. The second kappa shape index (κ2) is 5.68. The van der Waals surface area contributed by atoms with Crippen molar-refractivity contribution in [1.29, 1.82) is 0 Å². The molecule has 0 aliphatic heterocycles. The molecule has 15 heavy (non-hydrogen) atoms. The fourth-order valence-corrected chi connectivity index (χ4v) is 1.39. The van der Waals surface area contributed by atoms with Gasteiger partial charge in [-0.2, -0.15) is 0 Å². The molecule has 1 rings (SSSR count). The first-order chi connectivity index (χ1) is 7.11. The van der Waals surface area contributed by atoms with Crippen molar-refractivity contribution in [2.45, 2.75) is 13.0 Å². The van der Waals surface area contributed by atoms with Crippen molar-refractivity contribution >= 4 is 34.6 Å². The Kier molecular flexibility index (Phi) is 4.52. The Bertz CT molecular complexity index is 367. The number of halogens is 1. The van der Waals surface area contributed by atoms with E-state index in [9.17, 15) is 0 Å². The summed E-state index contributed by atoms with van der Waals surface area (Å²) in [5.41, 5.74) is 0.809. The summed E-state index contributed by atoms with van der Waals surface area (Å²) in [7, 11) is 0. The van der Waals surface area contributed by atoms with E-state index in [0.29, 0.717) is 10.3 Å². The lowest BCUT2D eigenvalue weighted by molar-refractivity contribution is 0.815. The van der Waals surface area contributed by atoms with Crippen LogP contribution >= 0.6 is 23.8 Å². The zero-order valence-corrected chi connectivity index (χ0v) is 9.90. The Balaban J connectivity index is 2.55. The van der Waals surface area contributed by atoms with Gasteiger partial charge in [0.2, 0.25) is 0 Å². The van der Waals surface area contributed by atoms with E-state index in [-0.39, 0.29) is 6.04 Å². The zero-order chi connectivity index (χ0) is 11.3. The quantitative estimate of drug-likeness (QED) is 0.485. The van der Waals surface area contributed by atoms with Crippen molar-refractivity contribution in [3.05, 3.63) is 36.1 Å². The topological polar surface area (TPSA) is 37.0 Å². The average Bonchev–Trinajstić information content (AvgIpc) is 2.17. The molecule has 0 fully saturated rings. The second-order valence-electron chi connectivity index (χ2n) is 2.99. The molecule has 0 bridgehead atoms. The molecule has 3 nitrogen and oxygen atoms in total. The van der Waals surface area contributed by atoms with E-state index in [2.05, 4.69) is 22.2 Å². The van der Waals surface area contributed by atoms with Crippen LogP contribution < -0.4 is 10.6 Å². The van der Waals surface area contributed by atoms with Gasteiger partial charge in [0.25, 0.3) is 0 Å². The molecule has 0 saturated carbocycles. The lowest BCUT2D eigenvalue weighted by Gasteiger charge is -2.13. The Morgan fingerprint density at radius 2 is 2.47 bits per heavy atom. The van der Waals surface area contributed by atoms with Gasteiger partial charge in [0.05, 0.1) is 0 Å². The van der Waals surface area contributed by atoms with E-state index in [1.165, 1.54) is 0 Å². The van der Waals surface area contributed by atoms with Gasteiger partial charge < -0.3 is 10.6 Å². The molecule has 1 heterocycles. The highest BCUT2D eigenvalue weighted by Crippen LogP contribution is 2.11. The summed E-state index contributed by atoms with van der Waals surface area (Å²) in [5.74, 6) is 0. The number of rotatable bonds is 3. The summed E-state index contributed by atoms with van der Waals surface area (Å²) >= 11 is 10.8. The van der Waals surface area contributed by atoms with Gasteiger partial charge in [-0.05, 0) is 31.3 Å². The summed E-state index contributed by atoms with van der Waals surface area (Å²) in [6.07, 6.45) is 3.39. The SMILES string of the molecule is C=CC(C)NC(=S)Nc1ccnc(Cl)c1. The molecule has 1 atom stereocenters. The molecular formula is C10H12ClN3S. The van der Waals surface area contributed by atoms with Crippen molar-refractivity contribution in [3.8, 4) is 0 Å². The van der Waals surface area contributed by atoms with Gasteiger partial charge in [-0.25, -0.2) is 4.98 Å². The molecule has 80 valence electrons. The first kappa shape index (κ1) is 11.9. The first-order valence-electron chi connectivity index (χ1n) is 4.43. The second-order valence-corrected chi connectivity index (χ2v) is 3.79. The maximum Gasteiger partial charge on any atom is 0.171 e. The third kappa shape index (κ3) is 4.27. The Labute approximate surface area is 99.5 Å². The van der Waals surface area contributed by atoms with Crippen molar-refractivity contribution in [2.75, 3.05) is 5.32 Å². The summed E-state index contributed by atoms with van der Waals surface area (Å²) in [5, 5.41) is 6.99. The van der Waals surface area contributed by atoms with Crippen molar-refractivity contribution in [2.24, 2.45) is 0 Å². The van der Waals surface area contributed by atoms with E-state index < -0.39 is 0 Å². The molecule has 0 spiro atoms. The summed E-state index contributed by atoms with van der Waals surface area (Å²) in [4.78, 5) is 3.87. The van der Waals surface area contributed by atoms with Gasteiger partial charge >= 0.3 is 0 Å². The predicted octanol–water partition coefficient (Wildman–Crippen LogP) is 2.60. The maximum atomic E-state index is 5.73. The van der Waals surface area contributed by atoms with Crippen LogP contribution in [-0.2, 0) is 0 Å². The normalized spacial score (nSPS) is 11.6. The highest BCUT2D eigenvalue weighted by Gasteiger charge is 2.00. The fourth-order valence-electron chi connectivity index (χ4n) is 0.913. The number of hydrogen-bond donors (Lipinski definition) is 2. The highest BCUT2D eigenvalue weighted by atomic mass is 35.5. The molecule has 5 heteroatoms. The van der Waals surface area contributed by atoms with Gasteiger partial charge in [0.15, 0.2) is 5.11 Å². The molecule has 0 aliphatic carbocycles. The van der Waals surface area contributed by atoms with E-state index in [1.54, 1.807) is 24.4 Å². The molecule has 0 saturated heterocycles. The molecule has 0 amide bonds. The Morgan fingerprint density at radius 3 is 3.07 bits per heavy atom. The smallest absolute Gasteiger partial charge is 0.171 e. The van der Waals surface area contributed by atoms with Crippen LogP contribution in [0.4, 0.5) is 5.69 Å². The Hall–Kier alpha value is -1.13. The third-order valence-corrected chi connectivity index (χ3v) is 2.12. The molecule has 0 radical (unpaired) electrons. The third-order valence-electron chi connectivity index (χ3n) is 1.70. The number of anilines is 1. The number of pyridine rings is 1. The van der Waals surface area contributed by atoms with Gasteiger partial charge in [0.1, 0.15) is 5.15 Å². The minimum atomic E-state index is 0.127. The van der Waals surface area contributed by atoms with Crippen LogP contribution in [0.15, 0.2) is 31.0 Å². The highest BCUT2D eigenvalue weighted by molar-refractivity contribution is 7.80. The van der Waals surface area contributed by atoms with Crippen LogP contribution in [0, 0.1) is 0 Å². The van der Waals surface area contributed by atoms with Crippen molar-refractivity contribution < 1.29 is 0 Å². The Morgan fingerprint density at radius 1 is 1.73 bits per heavy atom. The van der Waals surface area contributed by atoms with E-state index >= 15 is 0 Å². The zero-order valence-electron chi connectivity index (χ0n) is 8.33. The minimum Gasteiger partial charge on any atom is -0.357 e. The number of thiocarbonyl (C=S) groups is 1. The van der Waals surface area contributed by atoms with E-state index in [4.69, 9.17) is 23.8 Å². The lowest BCUT2D eigenvalue weighted by Crippen LogP contribution is -2.34. The molecule has 0 aromatic carbocycles. The van der Waals surface area contributed by atoms with Gasteiger partial charge in [-0.1, -0.05) is 17.7 Å². The fraction of sp³-hybridized carbons (Fsp3) is 0.200. The van der Waals surface area contributed by atoms with E-state index in [1.807, 2.05) is 6.92 Å². The predicted molar refractivity (Wildman–Crippen MR) is 68.3 cm³/mol. The summed E-state index contributed by atoms with van der Waals surface area (Å²) in [6.45, 7) is 5.61. The molecular weight excluding hydrogens is 230 g/mol. The maximum absolute atomic E-state index is 5.73.